The van der Waals surface area contributed by atoms with Crippen molar-refractivity contribution in [2.75, 3.05) is 44.3 Å². The zero-order valence-corrected chi connectivity index (χ0v) is 18.8. The molecule has 3 aromatic carbocycles. The van der Waals surface area contributed by atoms with Crippen LogP contribution in [-0.4, -0.2) is 50.2 Å². The van der Waals surface area contributed by atoms with Crippen LogP contribution in [0.2, 0.25) is 0 Å². The second kappa shape index (κ2) is 10.2. The molecule has 0 unspecified atom stereocenters. The molecule has 166 valence electrons. The van der Waals surface area contributed by atoms with Crippen molar-refractivity contribution in [1.82, 2.24) is 4.90 Å². The smallest absolute Gasteiger partial charge is 0.257 e. The van der Waals surface area contributed by atoms with E-state index in [0.29, 0.717) is 37.6 Å². The molecule has 1 aliphatic rings. The molecule has 0 N–H and O–H groups in total. The molecule has 1 heterocycles. The van der Waals surface area contributed by atoms with E-state index in [4.69, 9.17) is 9.47 Å². The molecular formula is C27H30N2O3. The van der Waals surface area contributed by atoms with Crippen LogP contribution in [0.5, 0.6) is 11.5 Å². The van der Waals surface area contributed by atoms with Gasteiger partial charge in [0.1, 0.15) is 24.7 Å². The van der Waals surface area contributed by atoms with Crippen molar-refractivity contribution in [1.29, 1.82) is 0 Å². The number of hydrogen-bond donors (Lipinski definition) is 0. The molecular weight excluding hydrogens is 400 g/mol. The highest BCUT2D eigenvalue weighted by molar-refractivity contribution is 5.97. The molecule has 1 fully saturated rings. The van der Waals surface area contributed by atoms with E-state index in [9.17, 15) is 4.79 Å². The number of piperazine rings is 1. The van der Waals surface area contributed by atoms with Gasteiger partial charge in [-0.2, -0.15) is 0 Å². The first kappa shape index (κ1) is 21.8. The predicted molar refractivity (Wildman–Crippen MR) is 128 cm³/mol. The van der Waals surface area contributed by atoms with E-state index in [1.165, 1.54) is 16.8 Å². The molecule has 4 rings (SSSR count). The fraction of sp³-hybridized carbons (Fsp3) is 0.296. The molecule has 5 nitrogen and oxygen atoms in total. The minimum atomic E-state index is 0.0187. The summed E-state index contributed by atoms with van der Waals surface area (Å²) in [7, 11) is 0. The van der Waals surface area contributed by atoms with Crippen molar-refractivity contribution in [2.45, 2.75) is 13.8 Å². The molecule has 0 bridgehead atoms. The fourth-order valence-electron chi connectivity index (χ4n) is 4.00. The van der Waals surface area contributed by atoms with Crippen LogP contribution in [0.25, 0.3) is 0 Å². The SMILES string of the molecule is Cc1cccc(N2CCN(C(=O)c3ccccc3OCCOc3ccccc3)CC2)c1C. The van der Waals surface area contributed by atoms with E-state index in [0.717, 1.165) is 18.8 Å². The summed E-state index contributed by atoms with van der Waals surface area (Å²) in [5.41, 5.74) is 4.47. The maximum atomic E-state index is 13.2. The third-order valence-corrected chi connectivity index (χ3v) is 5.95. The number of carbonyl (C=O) groups is 1. The lowest BCUT2D eigenvalue weighted by Gasteiger charge is -2.37. The highest BCUT2D eigenvalue weighted by Gasteiger charge is 2.25. The van der Waals surface area contributed by atoms with Gasteiger partial charge in [0, 0.05) is 31.9 Å². The Kier molecular flexibility index (Phi) is 6.95. The Hall–Kier alpha value is -3.47. The Labute approximate surface area is 190 Å². The molecule has 0 aliphatic carbocycles. The second-order valence-electron chi connectivity index (χ2n) is 8.00. The number of carbonyl (C=O) groups excluding carboxylic acids is 1. The molecule has 0 atom stereocenters. The van der Waals surface area contributed by atoms with Crippen molar-refractivity contribution in [3.05, 3.63) is 89.5 Å². The summed E-state index contributed by atoms with van der Waals surface area (Å²) in [6.45, 7) is 8.13. The van der Waals surface area contributed by atoms with E-state index >= 15 is 0 Å². The van der Waals surface area contributed by atoms with Gasteiger partial charge in [0.2, 0.25) is 0 Å². The van der Waals surface area contributed by atoms with Crippen LogP contribution in [0.3, 0.4) is 0 Å². The van der Waals surface area contributed by atoms with Gasteiger partial charge in [0.05, 0.1) is 5.56 Å². The molecule has 0 aromatic heterocycles. The van der Waals surface area contributed by atoms with Crippen molar-refractivity contribution in [3.63, 3.8) is 0 Å². The lowest BCUT2D eigenvalue weighted by Crippen LogP contribution is -2.49. The fourth-order valence-corrected chi connectivity index (χ4v) is 4.00. The van der Waals surface area contributed by atoms with Crippen LogP contribution >= 0.6 is 0 Å². The standard InChI is InChI=1S/C27H30N2O3/c1-21-9-8-13-25(22(21)2)28-15-17-29(18-16-28)27(30)24-12-6-7-14-26(24)32-20-19-31-23-10-4-3-5-11-23/h3-14H,15-20H2,1-2H3. The van der Waals surface area contributed by atoms with Gasteiger partial charge in [-0.1, -0.05) is 42.5 Å². The average molecular weight is 431 g/mol. The van der Waals surface area contributed by atoms with Gasteiger partial charge in [0.15, 0.2) is 0 Å². The van der Waals surface area contributed by atoms with Gasteiger partial charge < -0.3 is 19.3 Å². The van der Waals surface area contributed by atoms with E-state index in [-0.39, 0.29) is 5.91 Å². The van der Waals surface area contributed by atoms with E-state index in [2.05, 4.69) is 36.9 Å². The number of hydrogen-bond acceptors (Lipinski definition) is 4. The summed E-state index contributed by atoms with van der Waals surface area (Å²) in [5, 5.41) is 0. The van der Waals surface area contributed by atoms with E-state index in [1.807, 2.05) is 59.5 Å². The van der Waals surface area contributed by atoms with Crippen LogP contribution < -0.4 is 14.4 Å². The number of benzene rings is 3. The van der Waals surface area contributed by atoms with Crippen molar-refractivity contribution in [3.8, 4) is 11.5 Å². The number of amides is 1. The first-order chi connectivity index (χ1) is 15.6. The van der Waals surface area contributed by atoms with Gasteiger partial charge in [0.25, 0.3) is 5.91 Å². The van der Waals surface area contributed by atoms with Crippen molar-refractivity contribution >= 4 is 11.6 Å². The molecule has 0 saturated carbocycles. The zero-order valence-electron chi connectivity index (χ0n) is 18.8. The summed E-state index contributed by atoms with van der Waals surface area (Å²) in [6, 6.07) is 23.5. The van der Waals surface area contributed by atoms with E-state index in [1.54, 1.807) is 0 Å². The predicted octanol–water partition coefficient (Wildman–Crippen LogP) is 4.72. The van der Waals surface area contributed by atoms with Crippen molar-refractivity contribution < 1.29 is 14.3 Å². The third-order valence-electron chi connectivity index (χ3n) is 5.95. The molecule has 1 aliphatic heterocycles. The number of aryl methyl sites for hydroxylation is 1. The van der Waals surface area contributed by atoms with Gasteiger partial charge in [-0.3, -0.25) is 4.79 Å². The quantitative estimate of drug-likeness (QED) is 0.509. The highest BCUT2D eigenvalue weighted by atomic mass is 16.5. The lowest BCUT2D eigenvalue weighted by atomic mass is 10.1. The van der Waals surface area contributed by atoms with Crippen LogP contribution in [-0.2, 0) is 0 Å². The molecule has 1 amide bonds. The Balaban J connectivity index is 1.34. The Morgan fingerprint density at radius 2 is 1.47 bits per heavy atom. The first-order valence-corrected chi connectivity index (χ1v) is 11.1. The topological polar surface area (TPSA) is 42.0 Å². The minimum Gasteiger partial charge on any atom is -0.490 e. The molecule has 32 heavy (non-hydrogen) atoms. The largest absolute Gasteiger partial charge is 0.490 e. The van der Waals surface area contributed by atoms with Gasteiger partial charge in [-0.15, -0.1) is 0 Å². The van der Waals surface area contributed by atoms with Gasteiger partial charge in [-0.05, 0) is 55.3 Å². The molecule has 0 spiro atoms. The minimum absolute atomic E-state index is 0.0187. The number of para-hydroxylation sites is 2. The Morgan fingerprint density at radius 1 is 0.781 bits per heavy atom. The van der Waals surface area contributed by atoms with Crippen LogP contribution in [0, 0.1) is 13.8 Å². The van der Waals surface area contributed by atoms with Crippen LogP contribution in [0.4, 0.5) is 5.69 Å². The molecule has 5 heteroatoms. The third kappa shape index (κ3) is 5.05. The number of ether oxygens (including phenoxy) is 2. The Morgan fingerprint density at radius 3 is 2.25 bits per heavy atom. The maximum absolute atomic E-state index is 13.2. The number of nitrogens with zero attached hydrogens (tertiary/aromatic N) is 2. The average Bonchev–Trinajstić information content (AvgIpc) is 2.84. The number of rotatable bonds is 7. The molecule has 3 aromatic rings. The summed E-state index contributed by atoms with van der Waals surface area (Å²) in [6.07, 6.45) is 0. The monoisotopic (exact) mass is 430 g/mol. The molecule has 0 radical (unpaired) electrons. The highest BCUT2D eigenvalue weighted by Crippen LogP contribution is 2.25. The normalized spacial score (nSPS) is 13.7. The maximum Gasteiger partial charge on any atom is 0.257 e. The lowest BCUT2D eigenvalue weighted by molar-refractivity contribution is 0.0741. The summed E-state index contributed by atoms with van der Waals surface area (Å²) < 4.78 is 11.6. The van der Waals surface area contributed by atoms with E-state index < -0.39 is 0 Å². The number of anilines is 1. The summed E-state index contributed by atoms with van der Waals surface area (Å²) in [4.78, 5) is 17.5. The summed E-state index contributed by atoms with van der Waals surface area (Å²) >= 11 is 0. The van der Waals surface area contributed by atoms with Crippen LogP contribution in [0.1, 0.15) is 21.5 Å². The second-order valence-corrected chi connectivity index (χ2v) is 8.00. The van der Waals surface area contributed by atoms with Crippen LogP contribution in [0.15, 0.2) is 72.8 Å². The van der Waals surface area contributed by atoms with Gasteiger partial charge in [-0.25, -0.2) is 0 Å². The molecule has 1 saturated heterocycles. The summed E-state index contributed by atoms with van der Waals surface area (Å²) in [5.74, 6) is 1.43. The zero-order chi connectivity index (χ0) is 22.3. The van der Waals surface area contributed by atoms with Gasteiger partial charge >= 0.3 is 0 Å². The van der Waals surface area contributed by atoms with Crippen molar-refractivity contribution in [2.24, 2.45) is 0 Å². The Bertz CT molecular complexity index is 1040. The first-order valence-electron chi connectivity index (χ1n) is 11.1.